The van der Waals surface area contributed by atoms with Gasteiger partial charge in [-0.05, 0) is 20.8 Å². The summed E-state index contributed by atoms with van der Waals surface area (Å²) in [7, 11) is 0. The smallest absolute Gasteiger partial charge is 0.262 e. The molecule has 1 atom stereocenters. The van der Waals surface area contributed by atoms with E-state index in [4.69, 9.17) is 0 Å². The second kappa shape index (κ2) is 2.70. The minimum Gasteiger partial charge on any atom is -0.292 e. The van der Waals surface area contributed by atoms with Crippen molar-refractivity contribution in [2.45, 2.75) is 45.2 Å². The third kappa shape index (κ3) is 1.89. The molecular weight excluding hydrogens is 148 g/mol. The lowest BCUT2D eigenvalue weighted by molar-refractivity contribution is 0.00919. The molecule has 0 amide bonds. The van der Waals surface area contributed by atoms with Crippen LogP contribution in [0, 0.1) is 0 Å². The van der Waals surface area contributed by atoms with Crippen LogP contribution in [0.25, 0.3) is 0 Å². The van der Waals surface area contributed by atoms with Crippen LogP contribution in [-0.2, 0) is 0 Å². The van der Waals surface area contributed by atoms with E-state index < -0.39 is 5.92 Å². The predicted molar refractivity (Wildman–Crippen MR) is 40.9 cm³/mol. The molecule has 0 bridgehead atoms. The van der Waals surface area contributed by atoms with Crippen molar-refractivity contribution in [1.29, 1.82) is 0 Å². The highest BCUT2D eigenvalue weighted by Gasteiger charge is 2.43. The van der Waals surface area contributed by atoms with E-state index in [1.807, 2.05) is 25.7 Å². The molecule has 0 radical (unpaired) electrons. The lowest BCUT2D eigenvalue weighted by Crippen LogP contribution is -2.34. The molecule has 0 spiro atoms. The Morgan fingerprint density at radius 3 is 2.18 bits per heavy atom. The van der Waals surface area contributed by atoms with E-state index in [2.05, 4.69) is 0 Å². The summed E-state index contributed by atoms with van der Waals surface area (Å²) in [5.41, 5.74) is 0. The summed E-state index contributed by atoms with van der Waals surface area (Å²) in [5, 5.41) is 0. The molecule has 1 aliphatic heterocycles. The maximum atomic E-state index is 12.8. The minimum absolute atomic E-state index is 0.0190. The van der Waals surface area contributed by atoms with Crippen molar-refractivity contribution in [3.8, 4) is 0 Å². The van der Waals surface area contributed by atoms with Crippen LogP contribution in [0.15, 0.2) is 0 Å². The third-order valence-corrected chi connectivity index (χ3v) is 2.24. The highest BCUT2D eigenvalue weighted by atomic mass is 19.3. The Labute approximate surface area is 66.4 Å². The van der Waals surface area contributed by atoms with Crippen LogP contribution in [0.4, 0.5) is 8.78 Å². The van der Waals surface area contributed by atoms with Crippen molar-refractivity contribution in [2.24, 2.45) is 0 Å². The summed E-state index contributed by atoms with van der Waals surface area (Å²) in [5.74, 6) is -2.45. The Morgan fingerprint density at radius 1 is 1.45 bits per heavy atom. The summed E-state index contributed by atoms with van der Waals surface area (Å²) in [6.45, 7) is 5.71. The maximum absolute atomic E-state index is 12.8. The van der Waals surface area contributed by atoms with Gasteiger partial charge < -0.3 is 0 Å². The van der Waals surface area contributed by atoms with Crippen LogP contribution >= 0.6 is 0 Å². The van der Waals surface area contributed by atoms with E-state index in [-0.39, 0.29) is 25.0 Å². The summed E-state index contributed by atoms with van der Waals surface area (Å²) >= 11 is 0. The molecule has 1 rings (SSSR count). The topological polar surface area (TPSA) is 3.24 Å². The largest absolute Gasteiger partial charge is 0.292 e. The van der Waals surface area contributed by atoms with Crippen LogP contribution in [0.2, 0.25) is 0 Å². The van der Waals surface area contributed by atoms with Gasteiger partial charge in [-0.25, -0.2) is 8.78 Å². The fourth-order valence-electron chi connectivity index (χ4n) is 1.73. The molecule has 1 unspecified atom stereocenters. The molecule has 0 N–H and O–H groups in total. The van der Waals surface area contributed by atoms with Crippen LogP contribution in [0.3, 0.4) is 0 Å². The van der Waals surface area contributed by atoms with Gasteiger partial charge in [0.05, 0.1) is 6.54 Å². The molecule has 1 aliphatic rings. The second-order valence-electron chi connectivity index (χ2n) is 3.68. The van der Waals surface area contributed by atoms with Crippen molar-refractivity contribution in [1.82, 2.24) is 4.90 Å². The van der Waals surface area contributed by atoms with Crippen LogP contribution in [-0.4, -0.2) is 29.5 Å². The number of likely N-dealkylation sites (tertiary alicyclic amines) is 1. The third-order valence-electron chi connectivity index (χ3n) is 2.24. The molecule has 1 fully saturated rings. The van der Waals surface area contributed by atoms with Gasteiger partial charge in [0.25, 0.3) is 5.92 Å². The number of nitrogens with zero attached hydrogens (tertiary/aromatic N) is 1. The monoisotopic (exact) mass is 163 g/mol. The van der Waals surface area contributed by atoms with Gasteiger partial charge in [0, 0.05) is 18.5 Å². The highest BCUT2D eigenvalue weighted by Crippen LogP contribution is 2.32. The molecule has 0 aliphatic carbocycles. The summed E-state index contributed by atoms with van der Waals surface area (Å²) in [6, 6.07) is 0.267. The molecule has 0 saturated carbocycles. The molecule has 0 aromatic heterocycles. The van der Waals surface area contributed by atoms with E-state index >= 15 is 0 Å². The van der Waals surface area contributed by atoms with Gasteiger partial charge in [-0.1, -0.05) is 0 Å². The predicted octanol–water partition coefficient (Wildman–Crippen LogP) is 2.12. The first-order chi connectivity index (χ1) is 4.92. The average molecular weight is 163 g/mol. The maximum Gasteiger partial charge on any atom is 0.262 e. The van der Waals surface area contributed by atoms with Crippen LogP contribution in [0.1, 0.15) is 27.2 Å². The molecular formula is C8H15F2N. The molecule has 3 heteroatoms. The summed E-state index contributed by atoms with van der Waals surface area (Å²) in [4.78, 5) is 1.85. The van der Waals surface area contributed by atoms with Crippen molar-refractivity contribution >= 4 is 0 Å². The van der Waals surface area contributed by atoms with Gasteiger partial charge >= 0.3 is 0 Å². The standard InChI is InChI=1S/C8H15F2N/c1-6(2)11-5-8(9,10)4-7(11)3/h6-7H,4-5H2,1-3H3. The number of alkyl halides is 2. The molecule has 1 saturated heterocycles. The first-order valence-corrected chi connectivity index (χ1v) is 4.06. The normalized spacial score (nSPS) is 31.6. The molecule has 1 nitrogen and oxygen atoms in total. The second-order valence-corrected chi connectivity index (χ2v) is 3.68. The zero-order chi connectivity index (χ0) is 8.65. The van der Waals surface area contributed by atoms with Gasteiger partial charge in [0.15, 0.2) is 0 Å². The Balaban J connectivity index is 2.59. The van der Waals surface area contributed by atoms with Crippen molar-refractivity contribution < 1.29 is 8.78 Å². The number of hydrogen-bond donors (Lipinski definition) is 0. The minimum atomic E-state index is -2.45. The van der Waals surface area contributed by atoms with E-state index in [9.17, 15) is 8.78 Å². The average Bonchev–Trinajstić information content (AvgIpc) is 2.05. The summed E-state index contributed by atoms with van der Waals surface area (Å²) in [6.07, 6.45) is 0.0190. The lowest BCUT2D eigenvalue weighted by atomic mass is 10.2. The van der Waals surface area contributed by atoms with Crippen LogP contribution in [0.5, 0.6) is 0 Å². The van der Waals surface area contributed by atoms with Crippen molar-refractivity contribution in [2.75, 3.05) is 6.54 Å². The van der Waals surface area contributed by atoms with E-state index in [1.54, 1.807) is 0 Å². The van der Waals surface area contributed by atoms with Crippen LogP contribution < -0.4 is 0 Å². The zero-order valence-electron chi connectivity index (χ0n) is 7.27. The Bertz CT molecular complexity index is 145. The fraction of sp³-hybridized carbons (Fsp3) is 1.00. The Kier molecular flexibility index (Phi) is 2.19. The molecule has 0 aromatic rings. The van der Waals surface area contributed by atoms with Gasteiger partial charge in [-0.15, -0.1) is 0 Å². The van der Waals surface area contributed by atoms with Gasteiger partial charge in [0.1, 0.15) is 0 Å². The first-order valence-electron chi connectivity index (χ1n) is 4.06. The number of halogens is 2. The van der Waals surface area contributed by atoms with E-state index in [0.29, 0.717) is 0 Å². The number of rotatable bonds is 1. The zero-order valence-corrected chi connectivity index (χ0v) is 7.27. The fourth-order valence-corrected chi connectivity index (χ4v) is 1.73. The molecule has 0 aromatic carbocycles. The molecule has 11 heavy (non-hydrogen) atoms. The van der Waals surface area contributed by atoms with Crippen molar-refractivity contribution in [3.05, 3.63) is 0 Å². The molecule has 1 heterocycles. The van der Waals surface area contributed by atoms with E-state index in [1.165, 1.54) is 0 Å². The molecule has 66 valence electrons. The first kappa shape index (κ1) is 8.91. The Morgan fingerprint density at radius 2 is 2.00 bits per heavy atom. The van der Waals surface area contributed by atoms with E-state index in [0.717, 1.165) is 0 Å². The van der Waals surface area contributed by atoms with Crippen molar-refractivity contribution in [3.63, 3.8) is 0 Å². The Hall–Kier alpha value is -0.180. The quantitative estimate of drug-likeness (QED) is 0.572. The van der Waals surface area contributed by atoms with Gasteiger partial charge in [-0.2, -0.15) is 0 Å². The van der Waals surface area contributed by atoms with Gasteiger partial charge in [-0.3, -0.25) is 4.90 Å². The van der Waals surface area contributed by atoms with Gasteiger partial charge in [0.2, 0.25) is 0 Å². The summed E-state index contributed by atoms with van der Waals surface area (Å²) < 4.78 is 25.5. The lowest BCUT2D eigenvalue weighted by Gasteiger charge is -2.24. The highest BCUT2D eigenvalue weighted by molar-refractivity contribution is 4.89. The SMILES string of the molecule is CC(C)N1CC(F)(F)CC1C. The number of hydrogen-bond acceptors (Lipinski definition) is 1.